The molecule has 0 aromatic heterocycles. The van der Waals surface area contributed by atoms with Crippen LogP contribution in [0.5, 0.6) is 0 Å². The highest BCUT2D eigenvalue weighted by atomic mass is 16.6. The van der Waals surface area contributed by atoms with Gasteiger partial charge in [-0.3, -0.25) is 4.79 Å². The number of rotatable bonds is 20. The molecule has 0 aliphatic carbocycles. The predicted octanol–water partition coefficient (Wildman–Crippen LogP) is 8.71. The van der Waals surface area contributed by atoms with E-state index in [1.165, 1.54) is 77.0 Å². The van der Waals surface area contributed by atoms with Crippen molar-refractivity contribution in [3.05, 3.63) is 29.8 Å². The Hall–Kier alpha value is -2.04. The summed E-state index contributed by atoms with van der Waals surface area (Å²) in [6.45, 7) is 11.7. The third-order valence-electron chi connectivity index (χ3n) is 6.37. The van der Waals surface area contributed by atoms with Gasteiger partial charge in [0.2, 0.25) is 0 Å². The highest BCUT2D eigenvalue weighted by Crippen LogP contribution is 2.22. The van der Waals surface area contributed by atoms with Gasteiger partial charge in [0.05, 0.1) is 18.6 Å². The Balaban J connectivity index is 2.00. The summed E-state index contributed by atoms with van der Waals surface area (Å²) < 4.78 is 10.2. The average Bonchev–Trinajstić information content (AvgIpc) is 2.81. The number of hydrogen-bond acceptors (Lipinski definition) is 5. The zero-order chi connectivity index (χ0) is 26.7. The van der Waals surface area contributed by atoms with Gasteiger partial charge in [0.15, 0.2) is 0 Å². The Kier molecular flexibility index (Phi) is 17.0. The molecular formula is C31H53NO4. The van der Waals surface area contributed by atoms with E-state index in [9.17, 15) is 9.59 Å². The SMILES string of the molecule is CCOC(=O)CC(C)OC(=O)c1ccc(NCCCCCCCCCCCCCCC(C)(C)C)cc1. The van der Waals surface area contributed by atoms with Gasteiger partial charge in [0, 0.05) is 12.2 Å². The van der Waals surface area contributed by atoms with Crippen LogP contribution in [-0.2, 0) is 14.3 Å². The van der Waals surface area contributed by atoms with Crippen LogP contribution in [0.15, 0.2) is 24.3 Å². The van der Waals surface area contributed by atoms with E-state index in [1.54, 1.807) is 26.0 Å². The van der Waals surface area contributed by atoms with Crippen LogP contribution in [-0.4, -0.2) is 31.2 Å². The summed E-state index contributed by atoms with van der Waals surface area (Å²) in [4.78, 5) is 23.7. The van der Waals surface area contributed by atoms with Crippen LogP contribution in [0, 0.1) is 5.41 Å². The zero-order valence-corrected chi connectivity index (χ0v) is 23.8. The first-order valence-electron chi connectivity index (χ1n) is 14.4. The van der Waals surface area contributed by atoms with E-state index in [4.69, 9.17) is 9.47 Å². The molecular weight excluding hydrogens is 450 g/mol. The summed E-state index contributed by atoms with van der Waals surface area (Å²) in [6.07, 6.45) is 17.1. The van der Waals surface area contributed by atoms with Gasteiger partial charge in [-0.2, -0.15) is 0 Å². The van der Waals surface area contributed by atoms with Crippen molar-refractivity contribution in [2.45, 2.75) is 131 Å². The fourth-order valence-electron chi connectivity index (χ4n) is 4.25. The minimum Gasteiger partial charge on any atom is -0.466 e. The number of anilines is 1. The topological polar surface area (TPSA) is 64.6 Å². The molecule has 0 radical (unpaired) electrons. The van der Waals surface area contributed by atoms with E-state index in [-0.39, 0.29) is 12.4 Å². The highest BCUT2D eigenvalue weighted by molar-refractivity contribution is 5.90. The number of ether oxygens (including phenoxy) is 2. The molecule has 0 saturated heterocycles. The molecule has 0 bridgehead atoms. The lowest BCUT2D eigenvalue weighted by Gasteiger charge is -2.17. The maximum Gasteiger partial charge on any atom is 0.338 e. The fourth-order valence-corrected chi connectivity index (χ4v) is 4.25. The van der Waals surface area contributed by atoms with Crippen LogP contribution in [0.1, 0.15) is 135 Å². The molecule has 1 atom stereocenters. The molecule has 0 aliphatic heterocycles. The number of carbonyl (C=O) groups is 2. The second-order valence-electron chi connectivity index (χ2n) is 11.3. The first-order valence-corrected chi connectivity index (χ1v) is 14.4. The maximum atomic E-state index is 12.2. The predicted molar refractivity (Wildman–Crippen MR) is 151 cm³/mol. The number of unbranched alkanes of at least 4 members (excludes halogenated alkanes) is 11. The van der Waals surface area contributed by atoms with E-state index < -0.39 is 12.1 Å². The van der Waals surface area contributed by atoms with Gasteiger partial charge in [-0.15, -0.1) is 0 Å². The maximum absolute atomic E-state index is 12.2. The van der Waals surface area contributed by atoms with Gasteiger partial charge in [0.1, 0.15) is 6.10 Å². The molecule has 1 aromatic rings. The van der Waals surface area contributed by atoms with E-state index in [2.05, 4.69) is 26.1 Å². The minimum absolute atomic E-state index is 0.0667. The van der Waals surface area contributed by atoms with Crippen LogP contribution >= 0.6 is 0 Å². The lowest BCUT2D eigenvalue weighted by molar-refractivity contribution is -0.145. The molecule has 36 heavy (non-hydrogen) atoms. The van der Waals surface area contributed by atoms with Crippen molar-refractivity contribution in [3.63, 3.8) is 0 Å². The van der Waals surface area contributed by atoms with Gasteiger partial charge in [-0.05, 0) is 56.4 Å². The summed E-state index contributed by atoms with van der Waals surface area (Å²) in [5.41, 5.74) is 1.98. The van der Waals surface area contributed by atoms with Gasteiger partial charge >= 0.3 is 11.9 Å². The Morgan fingerprint density at radius 2 is 1.31 bits per heavy atom. The fraction of sp³-hybridized carbons (Fsp3) is 0.742. The third-order valence-corrected chi connectivity index (χ3v) is 6.37. The largest absolute Gasteiger partial charge is 0.466 e. The van der Waals surface area contributed by atoms with Crippen molar-refractivity contribution in [1.29, 1.82) is 0 Å². The van der Waals surface area contributed by atoms with Gasteiger partial charge in [-0.1, -0.05) is 91.4 Å². The van der Waals surface area contributed by atoms with Crippen molar-refractivity contribution in [2.75, 3.05) is 18.5 Å². The molecule has 0 aliphatic rings. The van der Waals surface area contributed by atoms with Crippen LogP contribution in [0.25, 0.3) is 0 Å². The molecule has 1 N–H and O–H groups in total. The Bertz CT molecular complexity index is 708. The van der Waals surface area contributed by atoms with Crippen molar-refractivity contribution in [2.24, 2.45) is 5.41 Å². The molecule has 0 fully saturated rings. The number of esters is 2. The third kappa shape index (κ3) is 17.4. The van der Waals surface area contributed by atoms with Gasteiger partial charge in [0.25, 0.3) is 0 Å². The lowest BCUT2D eigenvalue weighted by atomic mass is 9.89. The molecule has 0 saturated carbocycles. The zero-order valence-electron chi connectivity index (χ0n) is 23.8. The Morgan fingerprint density at radius 3 is 1.81 bits per heavy atom. The first kappa shape index (κ1) is 32.0. The second-order valence-corrected chi connectivity index (χ2v) is 11.3. The summed E-state index contributed by atoms with van der Waals surface area (Å²) in [5, 5.41) is 3.43. The van der Waals surface area contributed by atoms with E-state index >= 15 is 0 Å². The number of carbonyl (C=O) groups excluding carboxylic acids is 2. The first-order chi connectivity index (χ1) is 17.2. The molecule has 1 aromatic carbocycles. The number of nitrogens with one attached hydrogen (secondary N) is 1. The standard InChI is InChI=1S/C31H53NO4/c1-6-35-29(33)25-26(2)36-30(34)27-19-21-28(22-20-27)32-24-18-16-14-12-10-8-7-9-11-13-15-17-23-31(3,4)5/h19-22,26,32H,6-18,23-25H2,1-5H3. The molecule has 206 valence electrons. The molecule has 0 spiro atoms. The van der Waals surface area contributed by atoms with Gasteiger partial charge in [-0.25, -0.2) is 4.79 Å². The van der Waals surface area contributed by atoms with E-state index in [1.807, 2.05) is 12.1 Å². The van der Waals surface area contributed by atoms with E-state index in [0.717, 1.165) is 18.7 Å². The quantitative estimate of drug-likeness (QED) is 0.142. The molecule has 0 amide bonds. The molecule has 5 heteroatoms. The van der Waals surface area contributed by atoms with Crippen molar-refractivity contribution in [1.82, 2.24) is 0 Å². The lowest BCUT2D eigenvalue weighted by Crippen LogP contribution is -2.20. The molecule has 5 nitrogen and oxygen atoms in total. The normalized spacial score (nSPS) is 12.2. The smallest absolute Gasteiger partial charge is 0.338 e. The molecule has 1 unspecified atom stereocenters. The molecule has 1 rings (SSSR count). The van der Waals surface area contributed by atoms with Crippen molar-refractivity contribution < 1.29 is 19.1 Å². The highest BCUT2D eigenvalue weighted by Gasteiger charge is 2.16. The van der Waals surface area contributed by atoms with Crippen LogP contribution < -0.4 is 5.32 Å². The summed E-state index contributed by atoms with van der Waals surface area (Å²) in [6, 6.07) is 7.32. The average molecular weight is 504 g/mol. The Morgan fingerprint density at radius 1 is 0.806 bits per heavy atom. The Labute approximate surface area is 221 Å². The second kappa shape index (κ2) is 19.1. The summed E-state index contributed by atoms with van der Waals surface area (Å²) >= 11 is 0. The summed E-state index contributed by atoms with van der Waals surface area (Å²) in [7, 11) is 0. The van der Waals surface area contributed by atoms with Crippen LogP contribution in [0.4, 0.5) is 5.69 Å². The van der Waals surface area contributed by atoms with E-state index in [0.29, 0.717) is 17.6 Å². The number of benzene rings is 1. The minimum atomic E-state index is -0.511. The van der Waals surface area contributed by atoms with Crippen molar-refractivity contribution >= 4 is 17.6 Å². The van der Waals surface area contributed by atoms with Crippen molar-refractivity contribution in [3.8, 4) is 0 Å². The van der Waals surface area contributed by atoms with Gasteiger partial charge < -0.3 is 14.8 Å². The molecule has 0 heterocycles. The van der Waals surface area contributed by atoms with Crippen LogP contribution in [0.3, 0.4) is 0 Å². The monoisotopic (exact) mass is 503 g/mol. The summed E-state index contributed by atoms with van der Waals surface area (Å²) in [5.74, 6) is -0.778. The van der Waals surface area contributed by atoms with Crippen LogP contribution in [0.2, 0.25) is 0 Å². The number of hydrogen-bond donors (Lipinski definition) is 1.